The number of carbonyl (C=O) groups is 1. The summed E-state index contributed by atoms with van der Waals surface area (Å²) >= 11 is 0. The van der Waals surface area contributed by atoms with Gasteiger partial charge in [0.15, 0.2) is 0 Å². The molecule has 24 heavy (non-hydrogen) atoms. The molecule has 3 rings (SSSR count). The Balaban J connectivity index is 1.59. The third-order valence-electron chi connectivity index (χ3n) is 4.67. The topological polar surface area (TPSA) is 51.5 Å². The summed E-state index contributed by atoms with van der Waals surface area (Å²) < 4.78 is 10.7. The number of nitrogens with one attached hydrogen (secondary N) is 1. The van der Waals surface area contributed by atoms with Crippen molar-refractivity contribution in [2.24, 2.45) is 0 Å². The van der Waals surface area contributed by atoms with Crippen LogP contribution in [0.5, 0.6) is 0 Å². The van der Waals surface area contributed by atoms with E-state index in [1.165, 1.54) is 45.6 Å². The zero-order valence-corrected chi connectivity index (χ0v) is 14.2. The molecule has 1 aliphatic rings. The molecule has 1 aromatic heterocycles. The number of rotatable bonds is 5. The lowest BCUT2D eigenvalue weighted by atomic mass is 10.1. The molecule has 4 heteroatoms. The highest BCUT2D eigenvalue weighted by Crippen LogP contribution is 2.23. The van der Waals surface area contributed by atoms with E-state index in [1.54, 1.807) is 12.1 Å². The fourth-order valence-corrected chi connectivity index (χ4v) is 3.24. The zero-order valence-electron chi connectivity index (χ0n) is 14.2. The highest BCUT2D eigenvalue weighted by atomic mass is 16.5. The maximum Gasteiger partial charge on any atom is 0.337 e. The summed E-state index contributed by atoms with van der Waals surface area (Å²) in [5, 5.41) is 3.62. The molecule has 4 nitrogen and oxygen atoms in total. The van der Waals surface area contributed by atoms with Gasteiger partial charge in [-0.05, 0) is 37.1 Å². The Morgan fingerprint density at radius 2 is 1.79 bits per heavy atom. The minimum absolute atomic E-state index is 0.325. The third-order valence-corrected chi connectivity index (χ3v) is 4.67. The molecule has 0 saturated heterocycles. The van der Waals surface area contributed by atoms with Crippen molar-refractivity contribution >= 4 is 5.97 Å². The average molecular weight is 327 g/mol. The van der Waals surface area contributed by atoms with Crippen LogP contribution in [0, 0.1) is 0 Å². The van der Waals surface area contributed by atoms with E-state index in [-0.39, 0.29) is 5.97 Å². The second-order valence-electron chi connectivity index (χ2n) is 6.40. The van der Waals surface area contributed by atoms with Gasteiger partial charge in [0.25, 0.3) is 0 Å². The number of ether oxygens (including phenoxy) is 1. The molecular formula is C20H25NO3. The fourth-order valence-electron chi connectivity index (χ4n) is 3.24. The number of esters is 1. The molecule has 1 N–H and O–H groups in total. The number of hydrogen-bond acceptors (Lipinski definition) is 4. The number of methoxy groups -OCH3 is 1. The first-order chi connectivity index (χ1) is 11.8. The van der Waals surface area contributed by atoms with E-state index in [2.05, 4.69) is 5.32 Å². The van der Waals surface area contributed by atoms with Crippen molar-refractivity contribution in [2.45, 2.75) is 51.1 Å². The van der Waals surface area contributed by atoms with Gasteiger partial charge in [-0.1, -0.05) is 37.8 Å². The smallest absolute Gasteiger partial charge is 0.337 e. The van der Waals surface area contributed by atoms with Crippen LogP contribution in [-0.4, -0.2) is 19.1 Å². The summed E-state index contributed by atoms with van der Waals surface area (Å²) in [5.74, 6) is 1.45. The van der Waals surface area contributed by atoms with Crippen molar-refractivity contribution in [3.8, 4) is 11.3 Å². The number of hydrogen-bond donors (Lipinski definition) is 1. The van der Waals surface area contributed by atoms with Gasteiger partial charge in [-0.3, -0.25) is 0 Å². The van der Waals surface area contributed by atoms with Gasteiger partial charge in [0.2, 0.25) is 0 Å². The van der Waals surface area contributed by atoms with E-state index in [1.807, 2.05) is 24.3 Å². The van der Waals surface area contributed by atoms with Gasteiger partial charge in [-0.15, -0.1) is 0 Å². The molecule has 0 unspecified atom stereocenters. The van der Waals surface area contributed by atoms with Crippen molar-refractivity contribution in [3.05, 3.63) is 47.7 Å². The Morgan fingerprint density at radius 1 is 1.08 bits per heavy atom. The Kier molecular flexibility index (Phi) is 5.70. The monoisotopic (exact) mass is 327 g/mol. The second-order valence-corrected chi connectivity index (χ2v) is 6.40. The molecule has 1 aliphatic carbocycles. The number of furan rings is 1. The van der Waals surface area contributed by atoms with Crippen molar-refractivity contribution in [2.75, 3.05) is 7.11 Å². The Bertz CT molecular complexity index is 652. The lowest BCUT2D eigenvalue weighted by Crippen LogP contribution is -2.27. The molecule has 0 bridgehead atoms. The van der Waals surface area contributed by atoms with Crippen molar-refractivity contribution in [1.29, 1.82) is 0 Å². The summed E-state index contributed by atoms with van der Waals surface area (Å²) in [6.07, 6.45) is 7.92. The fraction of sp³-hybridized carbons (Fsp3) is 0.450. The number of carbonyl (C=O) groups excluding carboxylic acids is 1. The molecule has 0 atom stereocenters. The summed E-state index contributed by atoms with van der Waals surface area (Å²) in [6.45, 7) is 0.769. The van der Waals surface area contributed by atoms with E-state index in [0.717, 1.165) is 23.6 Å². The standard InChI is InChI=1S/C20H25NO3/c1-23-20(22)16-10-8-15(9-11-16)19-13-12-18(24-19)14-21-17-6-4-2-3-5-7-17/h8-13,17,21H,2-7,14H2,1H3. The van der Waals surface area contributed by atoms with E-state index in [4.69, 9.17) is 9.15 Å². The minimum atomic E-state index is -0.325. The van der Waals surface area contributed by atoms with E-state index >= 15 is 0 Å². The highest BCUT2D eigenvalue weighted by molar-refractivity contribution is 5.89. The van der Waals surface area contributed by atoms with Crippen molar-refractivity contribution < 1.29 is 13.9 Å². The molecule has 0 aliphatic heterocycles. The molecular weight excluding hydrogens is 302 g/mol. The van der Waals surface area contributed by atoms with Gasteiger partial charge >= 0.3 is 5.97 Å². The largest absolute Gasteiger partial charge is 0.465 e. The lowest BCUT2D eigenvalue weighted by Gasteiger charge is -2.14. The Hall–Kier alpha value is -2.07. The maximum absolute atomic E-state index is 11.5. The zero-order chi connectivity index (χ0) is 16.8. The first kappa shape index (κ1) is 16.8. The SMILES string of the molecule is COC(=O)c1ccc(-c2ccc(CNC3CCCCCC3)o2)cc1. The second kappa shape index (κ2) is 8.15. The van der Waals surface area contributed by atoms with Crippen LogP contribution in [0.4, 0.5) is 0 Å². The quantitative estimate of drug-likeness (QED) is 0.647. The lowest BCUT2D eigenvalue weighted by molar-refractivity contribution is 0.0600. The molecule has 128 valence electrons. The van der Waals surface area contributed by atoms with Crippen molar-refractivity contribution in [1.82, 2.24) is 5.32 Å². The van der Waals surface area contributed by atoms with E-state index < -0.39 is 0 Å². The first-order valence-electron chi connectivity index (χ1n) is 8.77. The average Bonchev–Trinajstić information content (AvgIpc) is 2.95. The minimum Gasteiger partial charge on any atom is -0.465 e. The summed E-state index contributed by atoms with van der Waals surface area (Å²) in [7, 11) is 1.39. The van der Waals surface area contributed by atoms with Crippen LogP contribution in [0.15, 0.2) is 40.8 Å². The number of benzene rings is 1. The predicted molar refractivity (Wildman–Crippen MR) is 93.8 cm³/mol. The first-order valence-corrected chi connectivity index (χ1v) is 8.77. The van der Waals surface area contributed by atoms with Gasteiger partial charge in [0.05, 0.1) is 19.2 Å². The molecule has 0 spiro atoms. The maximum atomic E-state index is 11.5. The summed E-state index contributed by atoms with van der Waals surface area (Å²) in [5.41, 5.74) is 1.51. The van der Waals surface area contributed by atoms with Gasteiger partial charge in [-0.2, -0.15) is 0 Å². The Labute approximate surface area is 143 Å². The van der Waals surface area contributed by atoms with Gasteiger partial charge in [-0.25, -0.2) is 4.79 Å². The summed E-state index contributed by atoms with van der Waals surface area (Å²) in [6, 6.07) is 11.9. The Morgan fingerprint density at radius 3 is 2.46 bits per heavy atom. The van der Waals surface area contributed by atoms with Crippen molar-refractivity contribution in [3.63, 3.8) is 0 Å². The molecule has 2 aromatic rings. The molecule has 1 heterocycles. The van der Waals surface area contributed by atoms with Gasteiger partial charge in [0.1, 0.15) is 11.5 Å². The molecule has 1 fully saturated rings. The summed E-state index contributed by atoms with van der Waals surface area (Å²) in [4.78, 5) is 11.5. The van der Waals surface area contributed by atoms with Gasteiger partial charge < -0.3 is 14.5 Å². The van der Waals surface area contributed by atoms with E-state index in [9.17, 15) is 4.79 Å². The highest BCUT2D eigenvalue weighted by Gasteiger charge is 2.13. The normalized spacial score (nSPS) is 15.9. The van der Waals surface area contributed by atoms with Crippen LogP contribution in [0.2, 0.25) is 0 Å². The molecule has 0 amide bonds. The van der Waals surface area contributed by atoms with Crippen LogP contribution in [0.3, 0.4) is 0 Å². The molecule has 1 saturated carbocycles. The third kappa shape index (κ3) is 4.26. The predicted octanol–water partition coefficient (Wildman–Crippen LogP) is 4.55. The van der Waals surface area contributed by atoms with Crippen LogP contribution < -0.4 is 5.32 Å². The molecule has 1 aromatic carbocycles. The van der Waals surface area contributed by atoms with Crippen LogP contribution in [0.1, 0.15) is 54.6 Å². The van der Waals surface area contributed by atoms with Gasteiger partial charge in [0, 0.05) is 11.6 Å². The van der Waals surface area contributed by atoms with Crippen LogP contribution in [0.25, 0.3) is 11.3 Å². The van der Waals surface area contributed by atoms with Crippen LogP contribution in [-0.2, 0) is 11.3 Å². The van der Waals surface area contributed by atoms with Crippen LogP contribution >= 0.6 is 0 Å². The van der Waals surface area contributed by atoms with E-state index in [0.29, 0.717) is 11.6 Å². The molecule has 0 radical (unpaired) electrons.